The number of aryl methyl sites for hydroxylation is 1. The van der Waals surface area contributed by atoms with E-state index in [1.807, 2.05) is 37.9 Å². The summed E-state index contributed by atoms with van der Waals surface area (Å²) in [6, 6.07) is 4.06. The van der Waals surface area contributed by atoms with Crippen molar-refractivity contribution in [1.29, 1.82) is 0 Å². The van der Waals surface area contributed by atoms with Gasteiger partial charge in [0.05, 0.1) is 28.5 Å². The van der Waals surface area contributed by atoms with Gasteiger partial charge < -0.3 is 20.9 Å². The van der Waals surface area contributed by atoms with Crippen molar-refractivity contribution >= 4 is 50.2 Å². The molecule has 9 nitrogen and oxygen atoms in total. The maximum Gasteiger partial charge on any atom is 0.225 e. The van der Waals surface area contributed by atoms with Crippen LogP contribution in [-0.2, 0) is 17.6 Å². The van der Waals surface area contributed by atoms with E-state index < -0.39 is 0 Å². The number of carbonyl (C=O) groups is 1. The Bertz CT molecular complexity index is 1330. The van der Waals surface area contributed by atoms with Crippen LogP contribution in [0.2, 0.25) is 0 Å². The van der Waals surface area contributed by atoms with E-state index in [-0.39, 0.29) is 11.8 Å². The summed E-state index contributed by atoms with van der Waals surface area (Å²) in [5, 5.41) is 8.99. The molecular weight excluding hydrogens is 436 g/mol. The number of pyridine rings is 1. The molecule has 33 heavy (non-hydrogen) atoms. The first kappa shape index (κ1) is 21.6. The number of amides is 1. The van der Waals surface area contributed by atoms with Gasteiger partial charge in [-0.3, -0.25) is 4.79 Å². The summed E-state index contributed by atoms with van der Waals surface area (Å²) in [6.07, 6.45) is 7.82. The number of fused-ring (bicyclic) bond motifs is 4. The van der Waals surface area contributed by atoms with E-state index in [0.717, 1.165) is 52.2 Å². The molecular formula is C23H28N8OS. The minimum Gasteiger partial charge on any atom is -0.375 e. The van der Waals surface area contributed by atoms with Crippen LogP contribution in [0.1, 0.15) is 16.9 Å². The summed E-state index contributed by atoms with van der Waals surface area (Å²) in [5.74, 6) is 0.975. The number of nitrogens with one attached hydrogen (secondary N) is 1. The maximum absolute atomic E-state index is 12.8. The lowest BCUT2D eigenvalue weighted by molar-refractivity contribution is -0.134. The fourth-order valence-electron chi connectivity index (χ4n) is 4.57. The van der Waals surface area contributed by atoms with Gasteiger partial charge in [0.15, 0.2) is 0 Å². The van der Waals surface area contributed by atoms with Crippen molar-refractivity contribution in [3.05, 3.63) is 41.3 Å². The second kappa shape index (κ2) is 8.60. The highest BCUT2D eigenvalue weighted by atomic mass is 32.1. The van der Waals surface area contributed by atoms with Gasteiger partial charge in [-0.15, -0.1) is 11.3 Å². The van der Waals surface area contributed by atoms with Gasteiger partial charge in [0, 0.05) is 51.2 Å². The lowest BCUT2D eigenvalue weighted by Gasteiger charge is -2.26. The Morgan fingerprint density at radius 1 is 1.33 bits per heavy atom. The molecule has 0 radical (unpaired) electrons. The Balaban J connectivity index is 1.50. The van der Waals surface area contributed by atoms with E-state index in [4.69, 9.17) is 5.73 Å². The smallest absolute Gasteiger partial charge is 0.225 e. The van der Waals surface area contributed by atoms with Crippen LogP contribution in [0.25, 0.3) is 15.7 Å². The average Bonchev–Trinajstić information content (AvgIpc) is 3.41. The zero-order valence-corrected chi connectivity index (χ0v) is 19.9. The number of hydrogen-bond acceptors (Lipinski definition) is 8. The van der Waals surface area contributed by atoms with E-state index >= 15 is 0 Å². The van der Waals surface area contributed by atoms with Gasteiger partial charge in [-0.2, -0.15) is 5.10 Å². The van der Waals surface area contributed by atoms with Crippen LogP contribution in [0.15, 0.2) is 30.9 Å². The van der Waals surface area contributed by atoms with Gasteiger partial charge >= 0.3 is 0 Å². The van der Waals surface area contributed by atoms with E-state index in [1.165, 1.54) is 10.4 Å². The zero-order chi connectivity index (χ0) is 23.1. The molecule has 0 aliphatic heterocycles. The molecule has 172 valence electrons. The molecule has 1 atom stereocenters. The molecule has 0 saturated carbocycles. The fourth-order valence-corrected chi connectivity index (χ4v) is 5.84. The van der Waals surface area contributed by atoms with Crippen LogP contribution in [0, 0.1) is 5.92 Å². The summed E-state index contributed by atoms with van der Waals surface area (Å²) in [5.41, 5.74) is 9.87. The topological polar surface area (TPSA) is 105 Å². The van der Waals surface area contributed by atoms with E-state index in [0.29, 0.717) is 13.1 Å². The first-order chi connectivity index (χ1) is 16.0. The van der Waals surface area contributed by atoms with E-state index in [2.05, 4.69) is 31.3 Å². The third kappa shape index (κ3) is 3.89. The Morgan fingerprint density at radius 3 is 2.97 bits per heavy atom. The van der Waals surface area contributed by atoms with Crippen LogP contribution < -0.4 is 16.0 Å². The number of rotatable bonds is 6. The third-order valence-corrected chi connectivity index (χ3v) is 7.45. The summed E-state index contributed by atoms with van der Waals surface area (Å²) in [7, 11) is 5.86. The van der Waals surface area contributed by atoms with E-state index in [1.54, 1.807) is 28.8 Å². The number of hydrogen-bond donors (Lipinski definition) is 2. The van der Waals surface area contributed by atoms with Gasteiger partial charge in [-0.25, -0.2) is 14.5 Å². The van der Waals surface area contributed by atoms with Crippen molar-refractivity contribution in [3.8, 4) is 0 Å². The fraction of sp³-hybridized carbons (Fsp3) is 0.391. The quantitative estimate of drug-likeness (QED) is 0.452. The average molecular weight is 465 g/mol. The molecule has 1 aliphatic rings. The van der Waals surface area contributed by atoms with Gasteiger partial charge in [0.1, 0.15) is 17.0 Å². The molecule has 1 amide bonds. The SMILES string of the molecule is CN(CCN)C(=O)C1CCc2c(sc3ncnc(Nc4cc5ccnn5cc4N(C)C)c23)C1. The number of likely N-dealkylation sites (N-methyl/N-ethyl adjacent to an activating group) is 1. The third-order valence-electron chi connectivity index (χ3n) is 6.28. The highest BCUT2D eigenvalue weighted by Gasteiger charge is 2.30. The number of carbonyl (C=O) groups excluding carboxylic acids is 1. The zero-order valence-electron chi connectivity index (χ0n) is 19.1. The molecule has 5 rings (SSSR count). The number of anilines is 3. The highest BCUT2D eigenvalue weighted by molar-refractivity contribution is 7.19. The summed E-state index contributed by atoms with van der Waals surface area (Å²) in [6.45, 7) is 1.07. The minimum absolute atomic E-state index is 0.00361. The normalized spacial score (nSPS) is 15.6. The molecule has 0 fully saturated rings. The summed E-state index contributed by atoms with van der Waals surface area (Å²) in [4.78, 5) is 28.0. The monoisotopic (exact) mass is 464 g/mol. The minimum atomic E-state index is -0.00361. The number of thiophene rings is 1. The predicted octanol–water partition coefficient (Wildman–Crippen LogP) is 2.67. The molecule has 1 aliphatic carbocycles. The molecule has 4 aromatic rings. The highest BCUT2D eigenvalue weighted by Crippen LogP contribution is 2.41. The molecule has 3 N–H and O–H groups in total. The van der Waals surface area contributed by atoms with Crippen molar-refractivity contribution in [3.63, 3.8) is 0 Å². The summed E-state index contributed by atoms with van der Waals surface area (Å²) >= 11 is 1.67. The van der Waals surface area contributed by atoms with Gasteiger partial charge in [-0.05, 0) is 37.0 Å². The lowest BCUT2D eigenvalue weighted by atomic mass is 9.87. The molecule has 1 unspecified atom stereocenters. The van der Waals surface area contributed by atoms with E-state index in [9.17, 15) is 4.79 Å². The number of nitrogens with two attached hydrogens (primary N) is 1. The molecule has 0 spiro atoms. The Hall–Kier alpha value is -3.24. The van der Waals surface area contributed by atoms with Gasteiger partial charge in [-0.1, -0.05) is 0 Å². The molecule has 4 heterocycles. The van der Waals surface area contributed by atoms with Gasteiger partial charge in [0.2, 0.25) is 5.91 Å². The Labute approximate surface area is 196 Å². The maximum atomic E-state index is 12.8. The van der Waals surface area contributed by atoms with Crippen molar-refractivity contribution in [2.45, 2.75) is 19.3 Å². The number of nitrogens with zero attached hydrogens (tertiary/aromatic N) is 6. The van der Waals surface area contributed by atoms with Crippen molar-refractivity contribution < 1.29 is 4.79 Å². The lowest BCUT2D eigenvalue weighted by Crippen LogP contribution is -2.38. The van der Waals surface area contributed by atoms with Crippen molar-refractivity contribution in [1.82, 2.24) is 24.5 Å². The largest absolute Gasteiger partial charge is 0.375 e. The molecule has 4 aromatic heterocycles. The molecule has 0 saturated heterocycles. The van der Waals surface area contributed by atoms with Crippen LogP contribution >= 0.6 is 11.3 Å². The first-order valence-electron chi connectivity index (χ1n) is 11.1. The number of aromatic nitrogens is 4. The first-order valence-corrected chi connectivity index (χ1v) is 11.9. The van der Waals surface area contributed by atoms with Gasteiger partial charge in [0.25, 0.3) is 0 Å². The second-order valence-corrected chi connectivity index (χ2v) is 9.77. The molecule has 0 aromatic carbocycles. The summed E-state index contributed by atoms with van der Waals surface area (Å²) < 4.78 is 1.86. The standard InChI is InChI=1S/C23H28N8OS/c1-29(2)18-12-31-15(6-8-27-31)11-17(18)28-21-20-16-5-4-14(23(32)30(3)9-7-24)10-19(16)33-22(20)26-13-25-21/h6,8,11-14H,4-5,7,9-10,24H2,1-3H3,(H,25,26,28). The van der Waals surface area contributed by atoms with Crippen LogP contribution in [-0.4, -0.2) is 64.6 Å². The second-order valence-electron chi connectivity index (χ2n) is 8.69. The Kier molecular flexibility index (Phi) is 5.63. The van der Waals surface area contributed by atoms with Crippen LogP contribution in [0.3, 0.4) is 0 Å². The Morgan fingerprint density at radius 2 is 2.18 bits per heavy atom. The van der Waals surface area contributed by atoms with Crippen LogP contribution in [0.4, 0.5) is 17.2 Å². The van der Waals surface area contributed by atoms with Crippen molar-refractivity contribution in [2.75, 3.05) is 44.4 Å². The van der Waals surface area contributed by atoms with Crippen molar-refractivity contribution in [2.24, 2.45) is 11.7 Å². The predicted molar refractivity (Wildman–Crippen MR) is 132 cm³/mol. The van der Waals surface area contributed by atoms with Crippen LogP contribution in [0.5, 0.6) is 0 Å². The molecule has 10 heteroatoms. The molecule has 0 bridgehead atoms.